The Hall–Kier alpha value is -2.16. The molecule has 0 aliphatic carbocycles. The van der Waals surface area contributed by atoms with Crippen molar-refractivity contribution >= 4 is 23.4 Å². The van der Waals surface area contributed by atoms with Crippen LogP contribution in [0.15, 0.2) is 20.9 Å². The van der Waals surface area contributed by atoms with Crippen LogP contribution < -0.4 is 5.32 Å². The molecule has 0 aliphatic rings. The summed E-state index contributed by atoms with van der Waals surface area (Å²) in [4.78, 5) is 23.1. The van der Waals surface area contributed by atoms with E-state index in [1.165, 1.54) is 6.26 Å². The average molecular weight is 309 g/mol. The highest BCUT2D eigenvalue weighted by Crippen LogP contribution is 2.34. The zero-order chi connectivity index (χ0) is 15.4. The van der Waals surface area contributed by atoms with Crippen LogP contribution in [0.4, 0.5) is 11.6 Å². The van der Waals surface area contributed by atoms with E-state index in [1.807, 2.05) is 6.92 Å². The second-order valence-corrected chi connectivity index (χ2v) is 5.27. The molecule has 0 aliphatic heterocycles. The van der Waals surface area contributed by atoms with Crippen molar-refractivity contribution in [2.24, 2.45) is 0 Å². The summed E-state index contributed by atoms with van der Waals surface area (Å²) in [6.07, 6.45) is 2.39. The van der Waals surface area contributed by atoms with Gasteiger partial charge in [-0.1, -0.05) is 6.92 Å². The van der Waals surface area contributed by atoms with Crippen LogP contribution in [-0.2, 0) is 0 Å². The van der Waals surface area contributed by atoms with E-state index < -0.39 is 4.92 Å². The summed E-state index contributed by atoms with van der Waals surface area (Å²) in [5.41, 5.74) is 0.882. The molecule has 0 saturated carbocycles. The highest BCUT2D eigenvalue weighted by atomic mass is 32.2. The third kappa shape index (κ3) is 3.69. The molecule has 0 fully saturated rings. The van der Waals surface area contributed by atoms with Gasteiger partial charge in [0.05, 0.1) is 10.6 Å². The lowest BCUT2D eigenvalue weighted by atomic mass is 10.4. The summed E-state index contributed by atoms with van der Waals surface area (Å²) < 4.78 is 5.21. The van der Waals surface area contributed by atoms with E-state index in [0.717, 1.165) is 18.2 Å². The Bertz CT molecular complexity index is 658. The Morgan fingerprint density at radius 2 is 2.14 bits per heavy atom. The predicted octanol–water partition coefficient (Wildman–Crippen LogP) is 2.96. The van der Waals surface area contributed by atoms with E-state index in [2.05, 4.69) is 20.3 Å². The number of anilines is 1. The summed E-state index contributed by atoms with van der Waals surface area (Å²) in [6, 6.07) is 0. The standard InChI is InChI=1S/C12H15N5O3S/c1-4-5-13-11-15-8(3)9(17(18)19)10(16-11)21-12-14-7(2)6-20-12/h6H,4-5H2,1-3H3,(H,13,15,16). The fraction of sp³-hybridized carbons (Fsp3) is 0.417. The van der Waals surface area contributed by atoms with Crippen LogP contribution in [0.1, 0.15) is 24.7 Å². The van der Waals surface area contributed by atoms with Crippen LogP contribution in [0.2, 0.25) is 0 Å². The summed E-state index contributed by atoms with van der Waals surface area (Å²) in [7, 11) is 0. The zero-order valence-electron chi connectivity index (χ0n) is 11.9. The van der Waals surface area contributed by atoms with Crippen molar-refractivity contribution in [3.63, 3.8) is 0 Å². The number of oxazole rings is 1. The van der Waals surface area contributed by atoms with Crippen LogP contribution in [0.3, 0.4) is 0 Å². The van der Waals surface area contributed by atoms with Crippen molar-refractivity contribution in [2.75, 3.05) is 11.9 Å². The summed E-state index contributed by atoms with van der Waals surface area (Å²) >= 11 is 1.01. The molecule has 2 aromatic heterocycles. The van der Waals surface area contributed by atoms with E-state index in [-0.39, 0.29) is 10.7 Å². The molecule has 0 aromatic carbocycles. The van der Waals surface area contributed by atoms with Gasteiger partial charge in [-0.3, -0.25) is 10.1 Å². The number of hydrogen-bond donors (Lipinski definition) is 1. The molecule has 0 unspecified atom stereocenters. The smallest absolute Gasteiger partial charge is 0.323 e. The first-order chi connectivity index (χ1) is 10.0. The molecule has 0 spiro atoms. The molecule has 2 aromatic rings. The summed E-state index contributed by atoms with van der Waals surface area (Å²) in [6.45, 7) is 6.07. The van der Waals surface area contributed by atoms with Gasteiger partial charge in [-0.05, 0) is 32.0 Å². The van der Waals surface area contributed by atoms with Gasteiger partial charge in [0.25, 0.3) is 5.22 Å². The Labute approximate surface area is 125 Å². The fourth-order valence-corrected chi connectivity index (χ4v) is 2.50. The van der Waals surface area contributed by atoms with Crippen molar-refractivity contribution in [2.45, 2.75) is 37.4 Å². The maximum Gasteiger partial charge on any atom is 0.323 e. The second kappa shape index (κ2) is 6.53. The zero-order valence-corrected chi connectivity index (χ0v) is 12.7. The Kier molecular flexibility index (Phi) is 4.73. The number of nitrogens with one attached hydrogen (secondary N) is 1. The number of hydrogen-bond acceptors (Lipinski definition) is 8. The Balaban J connectivity index is 2.39. The van der Waals surface area contributed by atoms with Crippen LogP contribution >= 0.6 is 11.8 Å². The number of aromatic nitrogens is 3. The predicted molar refractivity (Wildman–Crippen MR) is 77.6 cm³/mol. The van der Waals surface area contributed by atoms with Gasteiger partial charge in [0.1, 0.15) is 12.0 Å². The first-order valence-corrected chi connectivity index (χ1v) is 7.19. The topological polar surface area (TPSA) is 107 Å². The maximum atomic E-state index is 11.2. The molecule has 8 nitrogen and oxygen atoms in total. The van der Waals surface area contributed by atoms with Crippen molar-refractivity contribution in [1.82, 2.24) is 15.0 Å². The quantitative estimate of drug-likeness (QED) is 0.493. The Morgan fingerprint density at radius 3 is 2.71 bits per heavy atom. The van der Waals surface area contributed by atoms with Crippen LogP contribution in [0.5, 0.6) is 0 Å². The maximum absolute atomic E-state index is 11.2. The van der Waals surface area contributed by atoms with Gasteiger partial charge >= 0.3 is 5.69 Å². The second-order valence-electron chi connectivity index (χ2n) is 4.33. The van der Waals surface area contributed by atoms with Crippen molar-refractivity contribution in [3.05, 3.63) is 27.8 Å². The molecule has 2 heterocycles. The van der Waals surface area contributed by atoms with Gasteiger partial charge in [0, 0.05) is 6.54 Å². The normalized spacial score (nSPS) is 10.6. The molecule has 0 bridgehead atoms. The van der Waals surface area contributed by atoms with Crippen LogP contribution in [-0.4, -0.2) is 26.4 Å². The van der Waals surface area contributed by atoms with E-state index in [0.29, 0.717) is 29.1 Å². The fourth-order valence-electron chi connectivity index (χ4n) is 1.60. The molecule has 21 heavy (non-hydrogen) atoms. The number of nitrogens with zero attached hydrogens (tertiary/aromatic N) is 4. The third-order valence-electron chi connectivity index (χ3n) is 2.52. The molecule has 2 rings (SSSR count). The van der Waals surface area contributed by atoms with E-state index in [1.54, 1.807) is 13.8 Å². The minimum atomic E-state index is -0.489. The molecule has 9 heteroatoms. The molecule has 0 atom stereocenters. The lowest BCUT2D eigenvalue weighted by molar-refractivity contribution is -0.389. The summed E-state index contributed by atoms with van der Waals surface area (Å²) in [5, 5.41) is 14.8. The van der Waals surface area contributed by atoms with Crippen molar-refractivity contribution < 1.29 is 9.34 Å². The molecule has 1 N–H and O–H groups in total. The average Bonchev–Trinajstić information content (AvgIpc) is 2.80. The van der Waals surface area contributed by atoms with Crippen molar-refractivity contribution in [3.8, 4) is 0 Å². The minimum absolute atomic E-state index is 0.127. The molecule has 0 saturated heterocycles. The number of rotatable bonds is 6. The lowest BCUT2D eigenvalue weighted by Crippen LogP contribution is -2.08. The van der Waals surface area contributed by atoms with Crippen molar-refractivity contribution in [1.29, 1.82) is 0 Å². The van der Waals surface area contributed by atoms with Gasteiger partial charge in [-0.2, -0.15) is 4.98 Å². The monoisotopic (exact) mass is 309 g/mol. The largest absolute Gasteiger partial charge is 0.439 e. The van der Waals surface area contributed by atoms with Crippen LogP contribution in [0, 0.1) is 24.0 Å². The molecule has 0 amide bonds. The van der Waals surface area contributed by atoms with Gasteiger partial charge in [-0.15, -0.1) is 0 Å². The molecule has 0 radical (unpaired) electrons. The number of aryl methyl sites for hydroxylation is 2. The highest BCUT2D eigenvalue weighted by molar-refractivity contribution is 7.99. The lowest BCUT2D eigenvalue weighted by Gasteiger charge is -2.07. The van der Waals surface area contributed by atoms with Gasteiger partial charge < -0.3 is 9.73 Å². The van der Waals surface area contributed by atoms with E-state index >= 15 is 0 Å². The SMILES string of the molecule is CCCNc1nc(C)c([N+](=O)[O-])c(Sc2nc(C)co2)n1. The number of nitro groups is 1. The first kappa shape index (κ1) is 15.2. The van der Waals surface area contributed by atoms with Crippen LogP contribution in [0.25, 0.3) is 0 Å². The van der Waals surface area contributed by atoms with Gasteiger partial charge in [0.2, 0.25) is 5.95 Å². The Morgan fingerprint density at radius 1 is 1.38 bits per heavy atom. The first-order valence-electron chi connectivity index (χ1n) is 6.38. The summed E-state index contributed by atoms with van der Waals surface area (Å²) in [5.74, 6) is 0.366. The van der Waals surface area contributed by atoms with E-state index in [4.69, 9.17) is 4.42 Å². The molecular formula is C12H15N5O3S. The molecule has 112 valence electrons. The van der Waals surface area contributed by atoms with Gasteiger partial charge in [-0.25, -0.2) is 9.97 Å². The minimum Gasteiger partial charge on any atom is -0.439 e. The van der Waals surface area contributed by atoms with E-state index in [9.17, 15) is 10.1 Å². The molecular weight excluding hydrogens is 294 g/mol. The third-order valence-corrected chi connectivity index (χ3v) is 3.36. The van der Waals surface area contributed by atoms with Gasteiger partial charge in [0.15, 0.2) is 5.03 Å². The highest BCUT2D eigenvalue weighted by Gasteiger charge is 2.24.